The van der Waals surface area contributed by atoms with Crippen molar-refractivity contribution in [2.45, 2.75) is 26.4 Å². The van der Waals surface area contributed by atoms with E-state index in [4.69, 9.17) is 21.1 Å². The first-order valence-corrected chi connectivity index (χ1v) is 10.5. The fourth-order valence-corrected chi connectivity index (χ4v) is 3.30. The van der Waals surface area contributed by atoms with E-state index in [9.17, 15) is 4.79 Å². The number of carbonyl (C=O) groups excluding carboxylic acids is 1. The molecule has 5 heteroatoms. The molecule has 1 N–H and O–H groups in total. The molecule has 0 bridgehead atoms. The van der Waals surface area contributed by atoms with Crippen LogP contribution in [0, 0.1) is 0 Å². The molecule has 3 rings (SSSR count). The Morgan fingerprint density at radius 2 is 1.70 bits per heavy atom. The Bertz CT molecular complexity index is 960. The van der Waals surface area contributed by atoms with Crippen molar-refractivity contribution in [1.29, 1.82) is 0 Å². The first kappa shape index (κ1) is 21.7. The van der Waals surface area contributed by atoms with E-state index in [1.165, 1.54) is 0 Å². The minimum absolute atomic E-state index is 0.196. The molecule has 156 valence electrons. The molecule has 0 saturated heterocycles. The van der Waals surface area contributed by atoms with Gasteiger partial charge in [-0.3, -0.25) is 4.79 Å². The maximum absolute atomic E-state index is 12.7. The second-order valence-electron chi connectivity index (χ2n) is 6.81. The van der Waals surface area contributed by atoms with Crippen LogP contribution in [0.4, 0.5) is 0 Å². The van der Waals surface area contributed by atoms with E-state index in [0.29, 0.717) is 36.1 Å². The molecule has 30 heavy (non-hydrogen) atoms. The van der Waals surface area contributed by atoms with Gasteiger partial charge in [-0.1, -0.05) is 60.1 Å². The third-order valence-corrected chi connectivity index (χ3v) is 4.84. The van der Waals surface area contributed by atoms with Crippen LogP contribution in [0.15, 0.2) is 72.8 Å². The molecule has 0 heterocycles. The monoisotopic (exact) mass is 423 g/mol. The zero-order valence-electron chi connectivity index (χ0n) is 17.1. The molecule has 3 aromatic rings. The van der Waals surface area contributed by atoms with Crippen molar-refractivity contribution in [2.75, 3.05) is 13.2 Å². The fourth-order valence-electron chi connectivity index (χ4n) is 3.12. The normalized spacial score (nSPS) is 10.5. The van der Waals surface area contributed by atoms with Crippen LogP contribution in [0.25, 0.3) is 0 Å². The van der Waals surface area contributed by atoms with E-state index in [1.54, 1.807) is 18.2 Å². The standard InChI is InChI=1S/C25H26ClNO3/c1-2-29-23-13-7-6-11-20(23)12-8-16-27-25(28)22-17-21(26)14-15-24(22)30-18-19-9-4-3-5-10-19/h3-7,9-11,13-15,17H,2,8,12,16,18H2,1H3,(H,27,28). The molecule has 0 saturated carbocycles. The van der Waals surface area contributed by atoms with Gasteiger partial charge in [0.05, 0.1) is 12.2 Å². The van der Waals surface area contributed by atoms with E-state index in [2.05, 4.69) is 11.4 Å². The van der Waals surface area contributed by atoms with E-state index < -0.39 is 0 Å². The Morgan fingerprint density at radius 3 is 2.50 bits per heavy atom. The summed E-state index contributed by atoms with van der Waals surface area (Å²) < 4.78 is 11.5. The average molecular weight is 424 g/mol. The Kier molecular flexibility index (Phi) is 8.16. The zero-order chi connectivity index (χ0) is 21.2. The largest absolute Gasteiger partial charge is 0.494 e. The van der Waals surface area contributed by atoms with E-state index in [1.807, 2.05) is 55.5 Å². The maximum atomic E-state index is 12.7. The summed E-state index contributed by atoms with van der Waals surface area (Å²) in [5, 5.41) is 3.47. The summed E-state index contributed by atoms with van der Waals surface area (Å²) in [6.45, 7) is 3.54. The summed E-state index contributed by atoms with van der Waals surface area (Å²) in [6.07, 6.45) is 1.62. The Morgan fingerprint density at radius 1 is 0.933 bits per heavy atom. The van der Waals surface area contributed by atoms with Crippen LogP contribution < -0.4 is 14.8 Å². The predicted molar refractivity (Wildman–Crippen MR) is 120 cm³/mol. The van der Waals surface area contributed by atoms with Crippen molar-refractivity contribution in [2.24, 2.45) is 0 Å². The molecule has 0 aliphatic rings. The summed E-state index contributed by atoms with van der Waals surface area (Å²) in [4.78, 5) is 12.7. The number of benzene rings is 3. The second kappa shape index (κ2) is 11.3. The zero-order valence-corrected chi connectivity index (χ0v) is 17.8. The number of hydrogen-bond acceptors (Lipinski definition) is 3. The highest BCUT2D eigenvalue weighted by atomic mass is 35.5. The maximum Gasteiger partial charge on any atom is 0.255 e. The Hall–Kier alpha value is -2.98. The van der Waals surface area contributed by atoms with Crippen molar-refractivity contribution in [3.63, 3.8) is 0 Å². The highest BCUT2D eigenvalue weighted by molar-refractivity contribution is 6.31. The number of carbonyl (C=O) groups is 1. The predicted octanol–water partition coefficient (Wildman–Crippen LogP) is 5.68. The molecule has 0 aliphatic heterocycles. The van der Waals surface area contributed by atoms with Crippen LogP contribution in [-0.2, 0) is 13.0 Å². The topological polar surface area (TPSA) is 47.6 Å². The summed E-state index contributed by atoms with van der Waals surface area (Å²) in [7, 11) is 0. The van der Waals surface area contributed by atoms with Gasteiger partial charge in [0.1, 0.15) is 18.1 Å². The van der Waals surface area contributed by atoms with Gasteiger partial charge in [0.15, 0.2) is 0 Å². The van der Waals surface area contributed by atoms with Crippen LogP contribution in [0.5, 0.6) is 11.5 Å². The number of amides is 1. The molecule has 4 nitrogen and oxygen atoms in total. The third kappa shape index (κ3) is 6.26. The number of rotatable bonds is 10. The number of nitrogens with one attached hydrogen (secondary N) is 1. The van der Waals surface area contributed by atoms with E-state index in [0.717, 1.165) is 29.7 Å². The van der Waals surface area contributed by atoms with Crippen molar-refractivity contribution in [3.8, 4) is 11.5 Å². The van der Waals surface area contributed by atoms with Gasteiger partial charge in [-0.15, -0.1) is 0 Å². The average Bonchev–Trinajstić information content (AvgIpc) is 2.77. The lowest BCUT2D eigenvalue weighted by molar-refractivity contribution is 0.0948. The molecule has 3 aromatic carbocycles. The first-order valence-electron chi connectivity index (χ1n) is 10.1. The number of halogens is 1. The second-order valence-corrected chi connectivity index (χ2v) is 7.25. The summed E-state index contributed by atoms with van der Waals surface area (Å²) >= 11 is 6.12. The number of aryl methyl sites for hydroxylation is 1. The SMILES string of the molecule is CCOc1ccccc1CCCNC(=O)c1cc(Cl)ccc1OCc1ccccc1. The Labute approximate surface area is 182 Å². The van der Waals surface area contributed by atoms with Gasteiger partial charge in [0.25, 0.3) is 5.91 Å². The van der Waals surface area contributed by atoms with Crippen molar-refractivity contribution >= 4 is 17.5 Å². The molecule has 0 spiro atoms. The summed E-state index contributed by atoms with van der Waals surface area (Å²) in [5.74, 6) is 1.22. The minimum atomic E-state index is -0.196. The van der Waals surface area contributed by atoms with Crippen LogP contribution in [0.3, 0.4) is 0 Å². The van der Waals surface area contributed by atoms with Crippen molar-refractivity contribution in [1.82, 2.24) is 5.32 Å². The summed E-state index contributed by atoms with van der Waals surface area (Å²) in [6, 6.07) is 22.9. The third-order valence-electron chi connectivity index (χ3n) is 4.60. The smallest absolute Gasteiger partial charge is 0.255 e. The molecule has 0 atom stereocenters. The molecule has 0 aliphatic carbocycles. The van der Waals surface area contributed by atoms with Gasteiger partial charge in [0, 0.05) is 11.6 Å². The van der Waals surface area contributed by atoms with Gasteiger partial charge in [-0.05, 0) is 55.2 Å². The van der Waals surface area contributed by atoms with Gasteiger partial charge in [0.2, 0.25) is 0 Å². The van der Waals surface area contributed by atoms with Crippen molar-refractivity contribution < 1.29 is 14.3 Å². The lowest BCUT2D eigenvalue weighted by atomic mass is 10.1. The molecular formula is C25H26ClNO3. The van der Waals surface area contributed by atoms with Gasteiger partial charge in [-0.2, -0.15) is 0 Å². The molecule has 0 fully saturated rings. The molecular weight excluding hydrogens is 398 g/mol. The lowest BCUT2D eigenvalue weighted by Gasteiger charge is -2.13. The fraction of sp³-hybridized carbons (Fsp3) is 0.240. The molecule has 0 unspecified atom stereocenters. The van der Waals surface area contributed by atoms with Crippen LogP contribution in [0.2, 0.25) is 5.02 Å². The van der Waals surface area contributed by atoms with E-state index >= 15 is 0 Å². The quantitative estimate of drug-likeness (QED) is 0.427. The molecule has 0 radical (unpaired) electrons. The van der Waals surface area contributed by atoms with Crippen molar-refractivity contribution in [3.05, 3.63) is 94.5 Å². The Balaban J connectivity index is 1.56. The lowest BCUT2D eigenvalue weighted by Crippen LogP contribution is -2.25. The van der Waals surface area contributed by atoms with Crippen LogP contribution >= 0.6 is 11.6 Å². The van der Waals surface area contributed by atoms with Gasteiger partial charge < -0.3 is 14.8 Å². The highest BCUT2D eigenvalue weighted by Gasteiger charge is 2.13. The van der Waals surface area contributed by atoms with Gasteiger partial charge >= 0.3 is 0 Å². The molecule has 1 amide bonds. The van der Waals surface area contributed by atoms with E-state index in [-0.39, 0.29) is 5.91 Å². The van der Waals surface area contributed by atoms with Crippen LogP contribution in [-0.4, -0.2) is 19.1 Å². The van der Waals surface area contributed by atoms with Gasteiger partial charge in [-0.25, -0.2) is 0 Å². The number of hydrogen-bond donors (Lipinski definition) is 1. The van der Waals surface area contributed by atoms with Crippen LogP contribution in [0.1, 0.15) is 34.8 Å². The first-order chi connectivity index (χ1) is 14.7. The highest BCUT2D eigenvalue weighted by Crippen LogP contribution is 2.24. The minimum Gasteiger partial charge on any atom is -0.494 e. The number of para-hydroxylation sites is 1. The summed E-state index contributed by atoms with van der Waals surface area (Å²) in [5.41, 5.74) is 2.61. The number of ether oxygens (including phenoxy) is 2. The molecule has 0 aromatic heterocycles.